The zero-order chi connectivity index (χ0) is 12.4. The largest absolute Gasteiger partial charge is 0.330 e. The fourth-order valence-electron chi connectivity index (χ4n) is 1.99. The molecule has 17 heavy (non-hydrogen) atoms. The molecule has 0 aromatic heterocycles. The summed E-state index contributed by atoms with van der Waals surface area (Å²) in [6.45, 7) is 0.868. The average molecular weight is 233 g/mol. The summed E-state index contributed by atoms with van der Waals surface area (Å²) in [5.74, 6) is -0.483. The van der Waals surface area contributed by atoms with Gasteiger partial charge in [0, 0.05) is 13.0 Å². The first kappa shape index (κ1) is 11.6. The average Bonchev–Trinajstić information content (AvgIpc) is 2.70. The summed E-state index contributed by atoms with van der Waals surface area (Å²) >= 11 is 0. The van der Waals surface area contributed by atoms with Gasteiger partial charge in [0.05, 0.1) is 11.3 Å². The third kappa shape index (κ3) is 2.12. The van der Waals surface area contributed by atoms with E-state index in [-0.39, 0.29) is 11.8 Å². The zero-order valence-corrected chi connectivity index (χ0v) is 9.19. The summed E-state index contributed by atoms with van der Waals surface area (Å²) in [6.07, 6.45) is 0.359. The number of amides is 1. The Morgan fingerprint density at radius 1 is 1.59 bits per heavy atom. The lowest BCUT2D eigenvalue weighted by molar-refractivity contribution is -0.117. The number of carbonyl (C=O) groups is 1. The van der Waals surface area contributed by atoms with E-state index < -0.39 is 5.82 Å². The first-order chi connectivity index (χ1) is 8.15. The van der Waals surface area contributed by atoms with Crippen LogP contribution in [-0.4, -0.2) is 19.0 Å². The highest BCUT2D eigenvalue weighted by Gasteiger charge is 2.31. The van der Waals surface area contributed by atoms with Gasteiger partial charge in [-0.3, -0.25) is 4.79 Å². The molecule has 1 atom stereocenters. The minimum absolute atomic E-state index is 0.0808. The molecule has 0 spiro atoms. The van der Waals surface area contributed by atoms with Crippen LogP contribution in [0.15, 0.2) is 18.2 Å². The molecule has 1 saturated heterocycles. The van der Waals surface area contributed by atoms with Gasteiger partial charge in [0.1, 0.15) is 11.9 Å². The minimum Gasteiger partial charge on any atom is -0.330 e. The Hall–Kier alpha value is -1.93. The molecule has 5 heteroatoms. The molecule has 0 bridgehead atoms. The van der Waals surface area contributed by atoms with Crippen molar-refractivity contribution in [2.45, 2.75) is 6.42 Å². The normalized spacial score (nSPS) is 19.5. The number of benzene rings is 1. The monoisotopic (exact) mass is 233 g/mol. The van der Waals surface area contributed by atoms with E-state index in [0.29, 0.717) is 30.8 Å². The molecule has 1 aliphatic heterocycles. The lowest BCUT2D eigenvalue weighted by atomic mass is 10.1. The van der Waals surface area contributed by atoms with Crippen LogP contribution in [0.5, 0.6) is 0 Å². The first-order valence-corrected chi connectivity index (χ1v) is 5.35. The van der Waals surface area contributed by atoms with E-state index >= 15 is 0 Å². The number of hydrogen-bond donors (Lipinski definition) is 1. The van der Waals surface area contributed by atoms with Crippen LogP contribution in [0.1, 0.15) is 12.0 Å². The van der Waals surface area contributed by atoms with Crippen molar-refractivity contribution in [3.63, 3.8) is 0 Å². The van der Waals surface area contributed by atoms with Gasteiger partial charge in [-0.25, -0.2) is 4.39 Å². The maximum Gasteiger partial charge on any atom is 0.227 e. The minimum atomic E-state index is -0.456. The molecule has 1 amide bonds. The fraction of sp³-hybridized carbons (Fsp3) is 0.333. The second-order valence-corrected chi connectivity index (χ2v) is 4.08. The number of halogens is 1. The molecule has 2 rings (SSSR count). The van der Waals surface area contributed by atoms with E-state index in [9.17, 15) is 9.18 Å². The van der Waals surface area contributed by atoms with Crippen molar-refractivity contribution in [3.05, 3.63) is 29.6 Å². The smallest absolute Gasteiger partial charge is 0.227 e. The SMILES string of the molecule is N#Cc1ccc(F)cc1N1CC(CN)CC1=O. The van der Waals surface area contributed by atoms with Crippen molar-refractivity contribution in [3.8, 4) is 6.07 Å². The van der Waals surface area contributed by atoms with Gasteiger partial charge in [-0.1, -0.05) is 0 Å². The molecule has 1 fully saturated rings. The standard InChI is InChI=1S/C12H12FN3O/c13-10-2-1-9(6-15)11(4-10)16-7-8(5-14)3-12(16)17/h1-2,4,8H,3,5,7,14H2. The molecule has 1 aromatic carbocycles. The highest BCUT2D eigenvalue weighted by molar-refractivity contribution is 5.97. The van der Waals surface area contributed by atoms with Gasteiger partial charge >= 0.3 is 0 Å². The van der Waals surface area contributed by atoms with Gasteiger partial charge in [-0.05, 0) is 30.7 Å². The van der Waals surface area contributed by atoms with E-state index in [1.54, 1.807) is 0 Å². The van der Waals surface area contributed by atoms with Crippen molar-refractivity contribution < 1.29 is 9.18 Å². The van der Waals surface area contributed by atoms with Crippen LogP contribution < -0.4 is 10.6 Å². The molecular formula is C12H12FN3O. The van der Waals surface area contributed by atoms with Crippen LogP contribution in [0.4, 0.5) is 10.1 Å². The predicted octanol–water partition coefficient (Wildman–Crippen LogP) is 1.01. The lowest BCUT2D eigenvalue weighted by Crippen LogP contribution is -2.26. The Labute approximate surface area is 98.4 Å². The second-order valence-electron chi connectivity index (χ2n) is 4.08. The summed E-state index contributed by atoms with van der Waals surface area (Å²) in [5, 5.41) is 8.94. The summed E-state index contributed by atoms with van der Waals surface area (Å²) < 4.78 is 13.2. The molecule has 1 aromatic rings. The van der Waals surface area contributed by atoms with Crippen LogP contribution in [0.2, 0.25) is 0 Å². The molecule has 1 heterocycles. The van der Waals surface area contributed by atoms with Crippen molar-refractivity contribution in [2.75, 3.05) is 18.0 Å². The number of nitrogens with two attached hydrogens (primary N) is 1. The van der Waals surface area contributed by atoms with Crippen molar-refractivity contribution in [1.82, 2.24) is 0 Å². The van der Waals surface area contributed by atoms with Gasteiger partial charge in [0.15, 0.2) is 0 Å². The maximum atomic E-state index is 13.2. The number of nitrogens with zero attached hydrogens (tertiary/aromatic N) is 2. The van der Waals surface area contributed by atoms with E-state index in [1.165, 1.54) is 23.1 Å². The molecule has 1 aliphatic rings. The molecule has 2 N–H and O–H groups in total. The Kier molecular flexibility index (Phi) is 3.07. The summed E-state index contributed by atoms with van der Waals surface area (Å²) in [4.78, 5) is 13.2. The van der Waals surface area contributed by atoms with Crippen molar-refractivity contribution >= 4 is 11.6 Å². The van der Waals surface area contributed by atoms with E-state index in [1.807, 2.05) is 6.07 Å². The van der Waals surface area contributed by atoms with E-state index in [0.717, 1.165) is 0 Å². The first-order valence-electron chi connectivity index (χ1n) is 5.35. The van der Waals surface area contributed by atoms with Crippen LogP contribution in [0, 0.1) is 23.1 Å². The van der Waals surface area contributed by atoms with Crippen molar-refractivity contribution in [1.29, 1.82) is 5.26 Å². The van der Waals surface area contributed by atoms with Gasteiger partial charge in [-0.2, -0.15) is 5.26 Å². The van der Waals surface area contributed by atoms with Crippen LogP contribution in [0.25, 0.3) is 0 Å². The zero-order valence-electron chi connectivity index (χ0n) is 9.19. The lowest BCUT2D eigenvalue weighted by Gasteiger charge is -2.17. The fourth-order valence-corrected chi connectivity index (χ4v) is 1.99. The number of rotatable bonds is 2. The number of anilines is 1. The number of hydrogen-bond acceptors (Lipinski definition) is 3. The summed E-state index contributed by atoms with van der Waals surface area (Å²) in [5.41, 5.74) is 6.16. The predicted molar refractivity (Wildman–Crippen MR) is 60.6 cm³/mol. The van der Waals surface area contributed by atoms with E-state index in [2.05, 4.69) is 0 Å². The summed E-state index contributed by atoms with van der Waals surface area (Å²) in [7, 11) is 0. The van der Waals surface area contributed by atoms with Gasteiger partial charge in [0.25, 0.3) is 0 Å². The van der Waals surface area contributed by atoms with Gasteiger partial charge < -0.3 is 10.6 Å². The van der Waals surface area contributed by atoms with Crippen LogP contribution in [-0.2, 0) is 4.79 Å². The Morgan fingerprint density at radius 3 is 2.94 bits per heavy atom. The summed E-state index contributed by atoms with van der Waals surface area (Å²) in [6, 6.07) is 5.77. The molecule has 0 radical (unpaired) electrons. The molecular weight excluding hydrogens is 221 g/mol. The Balaban J connectivity index is 2.37. The molecule has 0 aliphatic carbocycles. The second kappa shape index (κ2) is 4.52. The van der Waals surface area contributed by atoms with E-state index in [4.69, 9.17) is 11.0 Å². The number of carbonyl (C=O) groups excluding carboxylic acids is 1. The third-order valence-corrected chi connectivity index (χ3v) is 2.91. The highest BCUT2D eigenvalue weighted by atomic mass is 19.1. The van der Waals surface area contributed by atoms with Crippen molar-refractivity contribution in [2.24, 2.45) is 11.7 Å². The van der Waals surface area contributed by atoms with Gasteiger partial charge in [-0.15, -0.1) is 0 Å². The Bertz CT molecular complexity index is 495. The van der Waals surface area contributed by atoms with Gasteiger partial charge in [0.2, 0.25) is 5.91 Å². The topological polar surface area (TPSA) is 70.1 Å². The molecule has 88 valence electrons. The third-order valence-electron chi connectivity index (χ3n) is 2.91. The maximum absolute atomic E-state index is 13.2. The van der Waals surface area contributed by atoms with Crippen LogP contribution in [0.3, 0.4) is 0 Å². The number of nitriles is 1. The van der Waals surface area contributed by atoms with Crippen LogP contribution >= 0.6 is 0 Å². The molecule has 1 unspecified atom stereocenters. The highest BCUT2D eigenvalue weighted by Crippen LogP contribution is 2.28. The molecule has 0 saturated carbocycles. The Morgan fingerprint density at radius 2 is 2.35 bits per heavy atom. The molecule has 4 nitrogen and oxygen atoms in total. The quantitative estimate of drug-likeness (QED) is 0.828.